The number of aromatic nitrogens is 4. The van der Waals surface area contributed by atoms with Gasteiger partial charge in [-0.1, -0.05) is 13.0 Å². The summed E-state index contributed by atoms with van der Waals surface area (Å²) in [5.41, 5.74) is 3.43. The lowest BCUT2D eigenvalue weighted by molar-refractivity contribution is 0.890. The first-order valence-electron chi connectivity index (χ1n) is 6.64. The van der Waals surface area contributed by atoms with E-state index >= 15 is 0 Å². The number of nitrogens with zero attached hydrogens (tertiary/aromatic N) is 4. The Morgan fingerprint density at radius 1 is 1.10 bits per heavy atom. The van der Waals surface area contributed by atoms with Crippen molar-refractivity contribution in [2.45, 2.75) is 27.2 Å². The van der Waals surface area contributed by atoms with Crippen LogP contribution in [0.5, 0.6) is 0 Å². The Kier molecular flexibility index (Phi) is 2.89. The van der Waals surface area contributed by atoms with Crippen LogP contribution in [0.25, 0.3) is 11.3 Å². The number of fused-ring (bicyclic) bond motifs is 1. The van der Waals surface area contributed by atoms with Gasteiger partial charge in [0.1, 0.15) is 5.82 Å². The molecule has 0 aliphatic heterocycles. The van der Waals surface area contributed by atoms with E-state index in [9.17, 15) is 4.79 Å². The lowest BCUT2D eigenvalue weighted by atomic mass is 10.1. The highest BCUT2D eigenvalue weighted by atomic mass is 16.1. The second-order valence-corrected chi connectivity index (χ2v) is 4.91. The maximum absolute atomic E-state index is 12.5. The summed E-state index contributed by atoms with van der Waals surface area (Å²) in [6.45, 7) is 6.08. The van der Waals surface area contributed by atoms with Crippen LogP contribution in [0.15, 0.2) is 35.4 Å². The number of rotatable bonds is 2. The van der Waals surface area contributed by atoms with Crippen LogP contribution in [0.2, 0.25) is 0 Å². The molecule has 5 nitrogen and oxygen atoms in total. The van der Waals surface area contributed by atoms with E-state index in [-0.39, 0.29) is 5.56 Å². The normalized spacial score (nSPS) is 11.2. The Hall–Kier alpha value is -2.43. The van der Waals surface area contributed by atoms with Crippen LogP contribution in [0.4, 0.5) is 0 Å². The molecule has 1 aromatic carbocycles. The topological polar surface area (TPSA) is 52.2 Å². The lowest BCUT2D eigenvalue weighted by Crippen LogP contribution is -2.20. The molecule has 0 aliphatic rings. The molecule has 0 N–H and O–H groups in total. The van der Waals surface area contributed by atoms with Gasteiger partial charge in [0.25, 0.3) is 0 Å². The van der Waals surface area contributed by atoms with E-state index in [4.69, 9.17) is 0 Å². The van der Waals surface area contributed by atoms with Gasteiger partial charge < -0.3 is 0 Å². The number of hydrogen-bond donors (Lipinski definition) is 0. The first-order chi connectivity index (χ1) is 9.61. The fraction of sp³-hybridized carbons (Fsp3) is 0.267. The second-order valence-electron chi connectivity index (χ2n) is 4.91. The molecule has 0 radical (unpaired) electrons. The van der Waals surface area contributed by atoms with E-state index in [2.05, 4.69) is 17.1 Å². The quantitative estimate of drug-likeness (QED) is 0.715. The second kappa shape index (κ2) is 4.59. The molecule has 0 atom stereocenters. The van der Waals surface area contributed by atoms with Gasteiger partial charge in [-0.2, -0.15) is 0 Å². The summed E-state index contributed by atoms with van der Waals surface area (Å²) in [6, 6.07) is 5.96. The minimum atomic E-state index is -0.150. The molecule has 2 heterocycles. The maximum Gasteiger partial charge on any atom is 0.300 e. The Balaban J connectivity index is 2.24. The molecule has 0 saturated heterocycles. The standard InChI is InChI=1S/C15H16N4O/c1-4-13-16-17-14-15(20)18(7-8-19(13)14)12-6-5-10(2)11(3)9-12/h5-9H,4H2,1-3H3. The van der Waals surface area contributed by atoms with Crippen molar-refractivity contribution in [2.24, 2.45) is 0 Å². The van der Waals surface area contributed by atoms with E-state index in [0.29, 0.717) is 5.65 Å². The third-order valence-corrected chi connectivity index (χ3v) is 3.63. The molecule has 0 aliphatic carbocycles. The van der Waals surface area contributed by atoms with Crippen molar-refractivity contribution in [1.29, 1.82) is 0 Å². The largest absolute Gasteiger partial charge is 0.300 e. The Labute approximate surface area is 116 Å². The molecule has 5 heteroatoms. The average Bonchev–Trinajstić information content (AvgIpc) is 2.86. The molecule has 20 heavy (non-hydrogen) atoms. The SMILES string of the molecule is CCc1nnc2c(=O)n(-c3ccc(C)c(C)c3)ccn12. The Morgan fingerprint density at radius 2 is 1.90 bits per heavy atom. The fourth-order valence-corrected chi connectivity index (χ4v) is 2.25. The van der Waals surface area contributed by atoms with Gasteiger partial charge in [-0.05, 0) is 37.1 Å². The molecule has 0 saturated carbocycles. The van der Waals surface area contributed by atoms with Crippen molar-refractivity contribution in [2.75, 3.05) is 0 Å². The van der Waals surface area contributed by atoms with Crippen molar-refractivity contribution in [3.05, 3.63) is 57.9 Å². The highest BCUT2D eigenvalue weighted by Gasteiger charge is 2.10. The van der Waals surface area contributed by atoms with Crippen LogP contribution in [0.1, 0.15) is 23.9 Å². The van der Waals surface area contributed by atoms with Gasteiger partial charge in [0.15, 0.2) is 0 Å². The summed E-state index contributed by atoms with van der Waals surface area (Å²) in [6.07, 6.45) is 4.35. The molecule has 0 bridgehead atoms. The van der Waals surface area contributed by atoms with Crippen molar-refractivity contribution in [1.82, 2.24) is 19.2 Å². The summed E-state index contributed by atoms with van der Waals surface area (Å²) in [4.78, 5) is 12.5. The summed E-state index contributed by atoms with van der Waals surface area (Å²) in [7, 11) is 0. The molecule has 3 aromatic rings. The summed E-state index contributed by atoms with van der Waals surface area (Å²) < 4.78 is 3.36. The maximum atomic E-state index is 12.5. The van der Waals surface area contributed by atoms with Crippen molar-refractivity contribution < 1.29 is 0 Å². The summed E-state index contributed by atoms with van der Waals surface area (Å²) in [5, 5.41) is 8.04. The lowest BCUT2D eigenvalue weighted by Gasteiger charge is -2.08. The first kappa shape index (κ1) is 12.6. The Bertz CT molecular complexity index is 845. The van der Waals surface area contributed by atoms with Crippen molar-refractivity contribution in [3.63, 3.8) is 0 Å². The minimum Gasteiger partial charge on any atom is -0.280 e. The minimum absolute atomic E-state index is 0.150. The molecule has 0 unspecified atom stereocenters. The third-order valence-electron chi connectivity index (χ3n) is 3.63. The van der Waals surface area contributed by atoms with Crippen molar-refractivity contribution in [3.8, 4) is 5.69 Å². The van der Waals surface area contributed by atoms with Crippen LogP contribution >= 0.6 is 0 Å². The zero-order chi connectivity index (χ0) is 14.3. The van der Waals surface area contributed by atoms with E-state index < -0.39 is 0 Å². The van der Waals surface area contributed by atoms with Gasteiger partial charge in [-0.15, -0.1) is 10.2 Å². The molecular weight excluding hydrogens is 252 g/mol. The highest BCUT2D eigenvalue weighted by Crippen LogP contribution is 2.13. The fourth-order valence-electron chi connectivity index (χ4n) is 2.25. The zero-order valence-electron chi connectivity index (χ0n) is 11.8. The van der Waals surface area contributed by atoms with Gasteiger partial charge in [0.2, 0.25) is 5.65 Å². The van der Waals surface area contributed by atoms with Gasteiger partial charge in [-0.3, -0.25) is 13.8 Å². The number of hydrogen-bond acceptors (Lipinski definition) is 3. The van der Waals surface area contributed by atoms with Crippen LogP contribution in [0, 0.1) is 13.8 Å². The van der Waals surface area contributed by atoms with E-state index in [1.807, 2.05) is 38.2 Å². The Morgan fingerprint density at radius 3 is 2.60 bits per heavy atom. The number of benzene rings is 1. The molecule has 0 fully saturated rings. The molecule has 102 valence electrons. The molecule has 0 spiro atoms. The molecular formula is C15H16N4O. The third kappa shape index (κ3) is 1.82. The van der Waals surface area contributed by atoms with Crippen LogP contribution in [-0.2, 0) is 6.42 Å². The van der Waals surface area contributed by atoms with Gasteiger partial charge in [0, 0.05) is 24.5 Å². The zero-order valence-corrected chi connectivity index (χ0v) is 11.8. The van der Waals surface area contributed by atoms with Crippen molar-refractivity contribution >= 4 is 5.65 Å². The van der Waals surface area contributed by atoms with Crippen LogP contribution in [-0.4, -0.2) is 19.2 Å². The summed E-state index contributed by atoms with van der Waals surface area (Å²) >= 11 is 0. The molecule has 3 rings (SSSR count). The van der Waals surface area contributed by atoms with E-state index in [1.54, 1.807) is 15.2 Å². The van der Waals surface area contributed by atoms with Gasteiger partial charge in [0.05, 0.1) is 0 Å². The van der Waals surface area contributed by atoms with Crippen LogP contribution in [0.3, 0.4) is 0 Å². The van der Waals surface area contributed by atoms with Gasteiger partial charge >= 0.3 is 5.56 Å². The predicted molar refractivity (Wildman–Crippen MR) is 77.4 cm³/mol. The first-order valence-corrected chi connectivity index (χ1v) is 6.64. The molecule has 0 amide bonds. The van der Waals surface area contributed by atoms with Gasteiger partial charge in [-0.25, -0.2) is 0 Å². The predicted octanol–water partition coefficient (Wildman–Crippen LogP) is 2.06. The smallest absolute Gasteiger partial charge is 0.280 e. The highest BCUT2D eigenvalue weighted by molar-refractivity contribution is 5.43. The van der Waals surface area contributed by atoms with E-state index in [0.717, 1.165) is 23.5 Å². The van der Waals surface area contributed by atoms with E-state index in [1.165, 1.54) is 5.56 Å². The van der Waals surface area contributed by atoms with Crippen LogP contribution < -0.4 is 5.56 Å². The summed E-state index contributed by atoms with van der Waals surface area (Å²) in [5.74, 6) is 0.796. The number of aryl methyl sites for hydroxylation is 3. The molecule has 2 aromatic heterocycles. The monoisotopic (exact) mass is 268 g/mol. The average molecular weight is 268 g/mol.